The van der Waals surface area contributed by atoms with Crippen molar-refractivity contribution in [2.45, 2.75) is 33.4 Å². The molecule has 2 atom stereocenters. The number of hydrogen-bond donors (Lipinski definition) is 2. The summed E-state index contributed by atoms with van der Waals surface area (Å²) < 4.78 is 43.7. The molecule has 0 radical (unpaired) electrons. The van der Waals surface area contributed by atoms with Gasteiger partial charge in [-0.15, -0.1) is 0 Å². The molecule has 39 heavy (non-hydrogen) atoms. The first-order valence-electron chi connectivity index (χ1n) is 12.4. The third-order valence-corrected chi connectivity index (χ3v) is 8.38. The van der Waals surface area contributed by atoms with Crippen LogP contribution in [0.5, 0.6) is 0 Å². The second-order valence-electron chi connectivity index (χ2n) is 9.05. The maximum Gasteiger partial charge on any atom is 0.340 e. The Morgan fingerprint density at radius 3 is 2.79 bits per heavy atom. The van der Waals surface area contributed by atoms with Crippen LogP contribution in [0.3, 0.4) is 0 Å². The number of anilines is 2. The molecule has 0 bridgehead atoms. The highest BCUT2D eigenvalue weighted by atomic mass is 35.5. The zero-order chi connectivity index (χ0) is 28.0. The van der Waals surface area contributed by atoms with Crippen LogP contribution < -0.4 is 10.6 Å². The van der Waals surface area contributed by atoms with E-state index in [9.17, 15) is 13.8 Å². The van der Waals surface area contributed by atoms with Crippen LogP contribution in [0.1, 0.15) is 32.8 Å². The number of halogens is 2. The molecular weight excluding hydrogens is 546 g/mol. The van der Waals surface area contributed by atoms with Gasteiger partial charge >= 0.3 is 7.60 Å². The monoisotopic (exact) mass is 574 g/mol. The zero-order valence-electron chi connectivity index (χ0n) is 21.8. The van der Waals surface area contributed by atoms with Crippen LogP contribution in [-0.4, -0.2) is 48.1 Å². The summed E-state index contributed by atoms with van der Waals surface area (Å²) in [6.07, 6.45) is 2.56. The molecule has 0 aliphatic carbocycles. The fourth-order valence-corrected chi connectivity index (χ4v) is 5.77. The number of aromatic nitrogens is 2. The molecule has 0 saturated carbocycles. The van der Waals surface area contributed by atoms with Gasteiger partial charge in [0.05, 0.1) is 52.7 Å². The van der Waals surface area contributed by atoms with Gasteiger partial charge in [0.2, 0.25) is 5.91 Å². The fraction of sp³-hybridized carbons (Fsp3) is 0.370. The summed E-state index contributed by atoms with van der Waals surface area (Å²) in [6.45, 7) is 5.97. The highest BCUT2D eigenvalue weighted by Crippen LogP contribution is 2.47. The van der Waals surface area contributed by atoms with Crippen molar-refractivity contribution in [3.05, 3.63) is 59.3 Å². The van der Waals surface area contributed by atoms with Crippen LogP contribution in [0, 0.1) is 23.1 Å². The summed E-state index contributed by atoms with van der Waals surface area (Å²) in [4.78, 5) is 21.2. The molecule has 1 amide bonds. The molecule has 1 fully saturated rings. The van der Waals surface area contributed by atoms with Gasteiger partial charge in [0, 0.05) is 11.6 Å². The normalized spacial score (nSPS) is 18.9. The molecule has 4 rings (SSSR count). The van der Waals surface area contributed by atoms with Crippen molar-refractivity contribution in [2.24, 2.45) is 5.41 Å². The van der Waals surface area contributed by atoms with Gasteiger partial charge in [-0.05, 0) is 51.5 Å². The number of amides is 1. The van der Waals surface area contributed by atoms with Crippen LogP contribution in [0.2, 0.25) is 5.02 Å². The molecule has 2 N–H and O–H groups in total. The topological polar surface area (TPSA) is 112 Å². The fourth-order valence-electron chi connectivity index (χ4n) is 4.12. The second-order valence-corrected chi connectivity index (χ2v) is 11.5. The molecule has 2 heterocycles. The van der Waals surface area contributed by atoms with Gasteiger partial charge in [-0.3, -0.25) is 9.36 Å². The quantitative estimate of drug-likeness (QED) is 0.242. The molecule has 1 aromatic heterocycles. The standard InChI is InChI=1S/C27H29ClFN4O5P/c1-4-37-39(35,38-5-2)16-24(34)32-23-14-19-15-30-17-31-22(19)13-18(23)9-10-27(3)11-12-36-26(27)33-21-8-6-7-20(28)25(21)29/h6-8,13-15,17,26,33H,4-5,11-12,16H2,1-3H3,(H,32,34). The average Bonchev–Trinajstić information content (AvgIpc) is 3.25. The number of nitrogens with one attached hydrogen (secondary N) is 2. The summed E-state index contributed by atoms with van der Waals surface area (Å²) in [5.74, 6) is 5.29. The Kier molecular flexibility index (Phi) is 9.21. The largest absolute Gasteiger partial charge is 0.357 e. The number of carbonyl (C=O) groups excluding carboxylic acids is 1. The molecule has 9 nitrogen and oxygen atoms in total. The van der Waals surface area contributed by atoms with E-state index in [-0.39, 0.29) is 23.9 Å². The van der Waals surface area contributed by atoms with E-state index in [0.717, 1.165) is 0 Å². The third kappa shape index (κ3) is 6.93. The Hall–Kier alpha value is -3.06. The van der Waals surface area contributed by atoms with Gasteiger partial charge < -0.3 is 24.4 Å². The molecule has 206 valence electrons. The van der Waals surface area contributed by atoms with E-state index >= 15 is 0 Å². The van der Waals surface area contributed by atoms with Crippen molar-refractivity contribution >= 4 is 47.4 Å². The van der Waals surface area contributed by atoms with E-state index in [4.69, 9.17) is 25.4 Å². The van der Waals surface area contributed by atoms with Gasteiger partial charge in [-0.1, -0.05) is 29.5 Å². The van der Waals surface area contributed by atoms with E-state index in [1.165, 1.54) is 12.4 Å². The van der Waals surface area contributed by atoms with Crippen LogP contribution >= 0.6 is 19.2 Å². The Morgan fingerprint density at radius 2 is 2.05 bits per heavy atom. The number of hydrogen-bond acceptors (Lipinski definition) is 8. The molecule has 1 aliphatic heterocycles. The predicted molar refractivity (Wildman–Crippen MR) is 148 cm³/mol. The van der Waals surface area contributed by atoms with Crippen molar-refractivity contribution in [1.29, 1.82) is 0 Å². The average molecular weight is 575 g/mol. The summed E-state index contributed by atoms with van der Waals surface area (Å²) in [5.41, 5.74) is 1.02. The van der Waals surface area contributed by atoms with Gasteiger partial charge in [0.25, 0.3) is 0 Å². The van der Waals surface area contributed by atoms with Gasteiger partial charge in [-0.2, -0.15) is 0 Å². The number of ether oxygens (including phenoxy) is 1. The summed E-state index contributed by atoms with van der Waals surface area (Å²) in [7, 11) is -3.61. The first kappa shape index (κ1) is 28.9. The van der Waals surface area contributed by atoms with Crippen LogP contribution in [0.4, 0.5) is 15.8 Å². The number of nitrogens with zero attached hydrogens (tertiary/aromatic N) is 2. The lowest BCUT2D eigenvalue weighted by atomic mass is 9.87. The van der Waals surface area contributed by atoms with Gasteiger partial charge in [0.1, 0.15) is 18.7 Å². The Bertz CT molecular complexity index is 1470. The maximum absolute atomic E-state index is 14.5. The summed E-state index contributed by atoms with van der Waals surface area (Å²) in [5, 5.41) is 6.54. The minimum Gasteiger partial charge on any atom is -0.357 e. The highest BCUT2D eigenvalue weighted by molar-refractivity contribution is 7.54. The lowest BCUT2D eigenvalue weighted by Gasteiger charge is -2.26. The smallest absolute Gasteiger partial charge is 0.340 e. The van der Waals surface area contributed by atoms with Crippen LogP contribution in [0.15, 0.2) is 42.9 Å². The number of fused-ring (bicyclic) bond motifs is 1. The number of benzene rings is 2. The number of carbonyl (C=O) groups is 1. The van der Waals surface area contributed by atoms with Crippen molar-refractivity contribution in [1.82, 2.24) is 9.97 Å². The number of rotatable bonds is 9. The molecule has 12 heteroatoms. The molecule has 0 spiro atoms. The van der Waals surface area contributed by atoms with Crippen LogP contribution in [-0.2, 0) is 23.1 Å². The lowest BCUT2D eigenvalue weighted by Crippen LogP contribution is -2.34. The summed E-state index contributed by atoms with van der Waals surface area (Å²) in [6, 6.07) is 8.14. The van der Waals surface area contributed by atoms with Gasteiger partial charge in [0.15, 0.2) is 5.82 Å². The van der Waals surface area contributed by atoms with E-state index in [0.29, 0.717) is 35.2 Å². The van der Waals surface area contributed by atoms with E-state index < -0.39 is 37.1 Å². The molecule has 3 aromatic rings. The first-order chi connectivity index (χ1) is 18.7. The summed E-state index contributed by atoms with van der Waals surface area (Å²) >= 11 is 5.93. The Balaban J connectivity index is 1.64. The Labute approximate surface area is 231 Å². The minimum absolute atomic E-state index is 0.00235. The second kappa shape index (κ2) is 12.4. The molecule has 1 aliphatic rings. The molecule has 2 aromatic carbocycles. The van der Waals surface area contributed by atoms with E-state index in [2.05, 4.69) is 32.4 Å². The molecule has 1 saturated heterocycles. The Morgan fingerprint density at radius 1 is 1.28 bits per heavy atom. The predicted octanol–water partition coefficient (Wildman–Crippen LogP) is 5.84. The van der Waals surface area contributed by atoms with E-state index in [1.807, 2.05) is 6.92 Å². The maximum atomic E-state index is 14.5. The van der Waals surface area contributed by atoms with Crippen molar-refractivity contribution in [2.75, 3.05) is 36.6 Å². The zero-order valence-corrected chi connectivity index (χ0v) is 23.4. The van der Waals surface area contributed by atoms with Crippen molar-refractivity contribution in [3.63, 3.8) is 0 Å². The van der Waals surface area contributed by atoms with Gasteiger partial charge in [-0.25, -0.2) is 14.4 Å². The van der Waals surface area contributed by atoms with E-state index in [1.54, 1.807) is 44.3 Å². The minimum atomic E-state index is -3.61. The lowest BCUT2D eigenvalue weighted by molar-refractivity contribution is -0.114. The van der Waals surface area contributed by atoms with Crippen molar-refractivity contribution in [3.8, 4) is 11.8 Å². The first-order valence-corrected chi connectivity index (χ1v) is 14.5. The van der Waals surface area contributed by atoms with Crippen LogP contribution in [0.25, 0.3) is 10.9 Å². The molecule has 2 unspecified atom stereocenters. The van der Waals surface area contributed by atoms with Crippen molar-refractivity contribution < 1.29 is 27.5 Å². The highest BCUT2D eigenvalue weighted by Gasteiger charge is 2.39. The SMILES string of the molecule is CCOP(=O)(CC(=O)Nc1cc2cncnc2cc1C#CC1(C)CCOC1Nc1cccc(Cl)c1F)OCC. The third-order valence-electron chi connectivity index (χ3n) is 6.11. The molecular formula is C27H29ClFN4O5P.